The molecule has 186 valence electrons. The second kappa shape index (κ2) is 8.87. The van der Waals surface area contributed by atoms with Gasteiger partial charge in [-0.1, -0.05) is 34.4 Å². The van der Waals surface area contributed by atoms with Gasteiger partial charge in [0.15, 0.2) is 0 Å². The first-order valence-electron chi connectivity index (χ1n) is 11.7. The standard InChI is InChI=1S/C26H21Cl2FN2O5/c27-17-2-1-3-18(28)22(17)23-16(24(36-30-23)12-4-5-12)11-35-21-10-14-9-15(21)25(32)31(14)20-7-6-13(26(33)34)8-19(20)29/h1-3,6-8,12,14-15,21H,4-5,9-11H2,(H,33,34)/t14-,15+,21+/m0/s1. The lowest BCUT2D eigenvalue weighted by atomic mass is 10.0. The van der Waals surface area contributed by atoms with Gasteiger partial charge < -0.3 is 19.3 Å². The third-order valence-corrected chi connectivity index (χ3v) is 7.89. The number of benzene rings is 2. The van der Waals surface area contributed by atoms with Crippen molar-refractivity contribution in [1.29, 1.82) is 0 Å². The minimum Gasteiger partial charge on any atom is -0.478 e. The van der Waals surface area contributed by atoms with Crippen LogP contribution in [0.3, 0.4) is 0 Å². The van der Waals surface area contributed by atoms with E-state index >= 15 is 0 Å². The van der Waals surface area contributed by atoms with Crippen molar-refractivity contribution in [3.05, 3.63) is 69.1 Å². The van der Waals surface area contributed by atoms with Crippen molar-refractivity contribution in [1.82, 2.24) is 5.16 Å². The van der Waals surface area contributed by atoms with E-state index in [-0.39, 0.29) is 41.8 Å². The molecule has 1 aliphatic heterocycles. The fourth-order valence-electron chi connectivity index (χ4n) is 5.38. The normalized spacial score (nSPS) is 23.0. The molecule has 2 aromatic carbocycles. The monoisotopic (exact) mass is 530 g/mol. The van der Waals surface area contributed by atoms with Crippen molar-refractivity contribution >= 4 is 40.8 Å². The van der Waals surface area contributed by atoms with Crippen molar-refractivity contribution in [2.24, 2.45) is 5.92 Å². The summed E-state index contributed by atoms with van der Waals surface area (Å²) in [6.45, 7) is 0.190. The summed E-state index contributed by atoms with van der Waals surface area (Å²) >= 11 is 12.9. The molecule has 2 heterocycles. The SMILES string of the molecule is O=C(O)c1ccc(N2C(=O)[C@@H]3C[C@H]2C[C@H]3OCc2c(-c3c(Cl)cccc3Cl)noc2C2CC2)c(F)c1. The largest absolute Gasteiger partial charge is 0.478 e. The van der Waals surface area contributed by atoms with E-state index < -0.39 is 17.7 Å². The summed E-state index contributed by atoms with van der Waals surface area (Å²) in [7, 11) is 0. The van der Waals surface area contributed by atoms with E-state index in [0.29, 0.717) is 34.1 Å². The first kappa shape index (κ1) is 23.5. The summed E-state index contributed by atoms with van der Waals surface area (Å²) in [4.78, 5) is 25.7. The van der Waals surface area contributed by atoms with Crippen LogP contribution in [-0.4, -0.2) is 34.3 Å². The number of nitrogens with zero attached hydrogens (tertiary/aromatic N) is 2. The first-order chi connectivity index (χ1) is 17.3. The number of carboxylic acid groups (broad SMARTS) is 1. The molecule has 1 aromatic heterocycles. The lowest BCUT2D eigenvalue weighted by molar-refractivity contribution is -0.126. The summed E-state index contributed by atoms with van der Waals surface area (Å²) < 4.78 is 26.6. The number of ether oxygens (including phenoxy) is 1. The predicted molar refractivity (Wildman–Crippen MR) is 130 cm³/mol. The van der Waals surface area contributed by atoms with Crippen LogP contribution in [0.1, 0.15) is 53.3 Å². The number of carbonyl (C=O) groups is 2. The average Bonchev–Trinajstić information content (AvgIpc) is 3.35. The lowest BCUT2D eigenvalue weighted by Gasteiger charge is -2.31. The minimum absolute atomic E-state index is 0.0988. The molecule has 36 heavy (non-hydrogen) atoms. The maximum Gasteiger partial charge on any atom is 0.335 e. The van der Waals surface area contributed by atoms with E-state index in [4.69, 9.17) is 37.6 Å². The average molecular weight is 531 g/mol. The quantitative estimate of drug-likeness (QED) is 0.398. The van der Waals surface area contributed by atoms with Crippen LogP contribution < -0.4 is 4.90 Å². The highest BCUT2D eigenvalue weighted by Gasteiger charge is 2.52. The van der Waals surface area contributed by atoms with Crippen LogP contribution in [0.2, 0.25) is 10.0 Å². The number of carboxylic acids is 1. The van der Waals surface area contributed by atoms with Crippen molar-refractivity contribution in [3.8, 4) is 11.3 Å². The van der Waals surface area contributed by atoms with Crippen LogP contribution in [0, 0.1) is 11.7 Å². The summed E-state index contributed by atoms with van der Waals surface area (Å²) in [5.74, 6) is -1.55. The molecule has 3 aliphatic rings. The highest BCUT2D eigenvalue weighted by molar-refractivity contribution is 6.39. The van der Waals surface area contributed by atoms with Crippen LogP contribution in [0.25, 0.3) is 11.3 Å². The molecule has 3 atom stereocenters. The Morgan fingerprint density at radius 3 is 2.58 bits per heavy atom. The molecule has 1 saturated heterocycles. The number of hydrogen-bond donors (Lipinski definition) is 1. The number of aromatic nitrogens is 1. The van der Waals surface area contributed by atoms with Crippen molar-refractivity contribution in [2.45, 2.75) is 50.4 Å². The van der Waals surface area contributed by atoms with Crippen LogP contribution >= 0.6 is 23.2 Å². The molecule has 3 fully saturated rings. The zero-order valence-corrected chi connectivity index (χ0v) is 20.4. The molecule has 2 aliphatic carbocycles. The number of fused-ring (bicyclic) bond motifs is 2. The van der Waals surface area contributed by atoms with Gasteiger partial charge in [-0.2, -0.15) is 0 Å². The molecule has 2 saturated carbocycles. The van der Waals surface area contributed by atoms with E-state index in [1.165, 1.54) is 17.0 Å². The van der Waals surface area contributed by atoms with Gasteiger partial charge in [0.1, 0.15) is 17.3 Å². The summed E-state index contributed by atoms with van der Waals surface area (Å²) in [5.41, 5.74) is 1.86. The third kappa shape index (κ3) is 3.88. The Balaban J connectivity index is 1.22. The van der Waals surface area contributed by atoms with Gasteiger partial charge in [-0.05, 0) is 56.0 Å². The number of amides is 1. The van der Waals surface area contributed by atoms with E-state index in [1.807, 2.05) is 0 Å². The lowest BCUT2D eigenvalue weighted by Crippen LogP contribution is -2.43. The highest BCUT2D eigenvalue weighted by atomic mass is 35.5. The number of anilines is 1. The highest BCUT2D eigenvalue weighted by Crippen LogP contribution is 2.48. The Hall–Kier alpha value is -2.94. The molecule has 0 unspecified atom stereocenters. The molecule has 7 nitrogen and oxygen atoms in total. The van der Waals surface area contributed by atoms with E-state index in [0.717, 1.165) is 30.2 Å². The van der Waals surface area contributed by atoms with Gasteiger partial charge in [-0.25, -0.2) is 9.18 Å². The Labute approximate surface area is 215 Å². The molecule has 10 heteroatoms. The molecule has 0 spiro atoms. The van der Waals surface area contributed by atoms with E-state index in [9.17, 15) is 14.0 Å². The predicted octanol–water partition coefficient (Wildman–Crippen LogP) is 6.07. The number of halogens is 3. The van der Waals surface area contributed by atoms with Crippen LogP contribution in [-0.2, 0) is 16.1 Å². The second-order valence-electron chi connectivity index (χ2n) is 9.51. The summed E-state index contributed by atoms with van der Waals surface area (Å²) in [6.07, 6.45) is 2.77. The number of piperidine rings is 1. The Morgan fingerprint density at radius 2 is 1.94 bits per heavy atom. The molecule has 1 N–H and O–H groups in total. The van der Waals surface area contributed by atoms with Gasteiger partial charge in [0.2, 0.25) is 5.91 Å². The Bertz CT molecular complexity index is 1370. The Morgan fingerprint density at radius 1 is 1.19 bits per heavy atom. The number of rotatable bonds is 7. The van der Waals surface area contributed by atoms with Crippen molar-refractivity contribution in [2.75, 3.05) is 4.90 Å². The number of hydrogen-bond acceptors (Lipinski definition) is 5. The number of carbonyl (C=O) groups excluding carboxylic acids is 1. The van der Waals surface area contributed by atoms with Crippen molar-refractivity contribution in [3.63, 3.8) is 0 Å². The minimum atomic E-state index is -1.22. The van der Waals surface area contributed by atoms with Gasteiger partial charge in [0.25, 0.3) is 0 Å². The summed E-state index contributed by atoms with van der Waals surface area (Å²) in [6, 6.07) is 8.62. The van der Waals surface area contributed by atoms with Crippen molar-refractivity contribution < 1.29 is 28.3 Å². The zero-order chi connectivity index (χ0) is 25.1. The first-order valence-corrected chi connectivity index (χ1v) is 12.5. The Kier molecular flexibility index (Phi) is 5.78. The van der Waals surface area contributed by atoms with Crippen LogP contribution in [0.4, 0.5) is 10.1 Å². The van der Waals surface area contributed by atoms with Gasteiger partial charge in [0.05, 0.1) is 39.9 Å². The third-order valence-electron chi connectivity index (χ3n) is 7.26. The number of aromatic carboxylic acids is 1. The topological polar surface area (TPSA) is 92.9 Å². The molecule has 3 aromatic rings. The fourth-order valence-corrected chi connectivity index (χ4v) is 5.95. The second-order valence-corrected chi connectivity index (χ2v) is 10.3. The maximum atomic E-state index is 14.7. The zero-order valence-electron chi connectivity index (χ0n) is 18.9. The molecule has 6 rings (SSSR count). The summed E-state index contributed by atoms with van der Waals surface area (Å²) in [5, 5.41) is 14.3. The van der Waals surface area contributed by atoms with Gasteiger partial charge in [-0.15, -0.1) is 0 Å². The van der Waals surface area contributed by atoms with Crippen LogP contribution in [0.5, 0.6) is 0 Å². The van der Waals surface area contributed by atoms with Gasteiger partial charge in [-0.3, -0.25) is 4.79 Å². The van der Waals surface area contributed by atoms with Gasteiger partial charge in [0, 0.05) is 23.1 Å². The molecule has 0 radical (unpaired) electrons. The van der Waals surface area contributed by atoms with E-state index in [2.05, 4.69) is 5.16 Å². The maximum absolute atomic E-state index is 14.7. The van der Waals surface area contributed by atoms with Crippen LogP contribution in [0.15, 0.2) is 40.9 Å². The fraction of sp³-hybridized carbons (Fsp3) is 0.346. The van der Waals surface area contributed by atoms with E-state index in [1.54, 1.807) is 18.2 Å². The molecule has 2 bridgehead atoms. The molecule has 1 amide bonds. The van der Waals surface area contributed by atoms with Gasteiger partial charge >= 0.3 is 5.97 Å². The molecular weight excluding hydrogens is 510 g/mol. The molecular formula is C26H21Cl2FN2O5. The smallest absolute Gasteiger partial charge is 0.335 e.